The summed E-state index contributed by atoms with van der Waals surface area (Å²) in [6, 6.07) is 8.22. The minimum absolute atomic E-state index is 0.162. The normalized spacial score (nSPS) is 11.6. The smallest absolute Gasteiger partial charge is 0.242 e. The Kier molecular flexibility index (Phi) is 4.39. The topological polar surface area (TPSA) is 101 Å². The van der Waals surface area contributed by atoms with Crippen LogP contribution in [0, 0.1) is 0 Å². The van der Waals surface area contributed by atoms with Gasteiger partial charge in [0.15, 0.2) is 0 Å². The Morgan fingerprint density at radius 3 is 2.62 bits per heavy atom. The molecular formula is C13H17N5O2S. The highest BCUT2D eigenvalue weighted by molar-refractivity contribution is 7.89. The van der Waals surface area contributed by atoms with Crippen LogP contribution >= 0.6 is 0 Å². The van der Waals surface area contributed by atoms with Crippen LogP contribution in [-0.4, -0.2) is 37.0 Å². The first kappa shape index (κ1) is 15.2. The van der Waals surface area contributed by atoms with Crippen molar-refractivity contribution in [1.82, 2.24) is 14.5 Å². The predicted octanol–water partition coefficient (Wildman–Crippen LogP) is 0.921. The molecule has 0 bridgehead atoms. The number of aromatic nitrogens is 2. The van der Waals surface area contributed by atoms with Crippen LogP contribution in [0.15, 0.2) is 41.4 Å². The Bertz CT molecular complexity index is 717. The summed E-state index contributed by atoms with van der Waals surface area (Å²) < 4.78 is 25.2. The van der Waals surface area contributed by atoms with E-state index in [0.717, 1.165) is 10.00 Å². The molecule has 0 saturated carbocycles. The number of benzene rings is 1. The monoisotopic (exact) mass is 307 g/mol. The van der Waals surface area contributed by atoms with Crippen LogP contribution < -0.4 is 11.1 Å². The average Bonchev–Trinajstić information content (AvgIpc) is 2.46. The number of sulfonamides is 1. The van der Waals surface area contributed by atoms with Gasteiger partial charge >= 0.3 is 0 Å². The van der Waals surface area contributed by atoms with Crippen molar-refractivity contribution in [3.8, 4) is 0 Å². The molecule has 112 valence electrons. The van der Waals surface area contributed by atoms with Crippen LogP contribution in [0.4, 0.5) is 11.4 Å². The molecule has 2 rings (SSSR count). The second kappa shape index (κ2) is 6.06. The zero-order valence-corrected chi connectivity index (χ0v) is 12.6. The molecule has 0 fully saturated rings. The Hall–Kier alpha value is -2.19. The number of nitrogens with zero attached hydrogens (tertiary/aromatic N) is 3. The number of nitrogen functional groups attached to an aromatic ring is 1. The van der Waals surface area contributed by atoms with Crippen molar-refractivity contribution in [3.63, 3.8) is 0 Å². The minimum Gasteiger partial charge on any atom is -0.397 e. The molecule has 0 saturated heterocycles. The third-order valence-corrected chi connectivity index (χ3v) is 4.70. The molecule has 0 unspecified atom stereocenters. The van der Waals surface area contributed by atoms with E-state index in [9.17, 15) is 8.42 Å². The number of rotatable bonds is 5. The fraction of sp³-hybridized carbons (Fsp3) is 0.231. The minimum atomic E-state index is -3.48. The first-order chi connectivity index (χ1) is 9.91. The molecule has 0 aliphatic rings. The van der Waals surface area contributed by atoms with Gasteiger partial charge in [0, 0.05) is 20.3 Å². The summed E-state index contributed by atoms with van der Waals surface area (Å²) in [5.41, 5.74) is 7.68. The molecular weight excluding hydrogens is 290 g/mol. The molecule has 3 N–H and O–H groups in total. The van der Waals surface area contributed by atoms with Crippen LogP contribution in [0.25, 0.3) is 0 Å². The Labute approximate surface area is 123 Å². The molecule has 1 aromatic carbocycles. The van der Waals surface area contributed by atoms with E-state index in [4.69, 9.17) is 5.73 Å². The third-order valence-electron chi connectivity index (χ3n) is 2.89. The van der Waals surface area contributed by atoms with Gasteiger partial charge in [-0.05, 0) is 30.3 Å². The number of hydrogen-bond donors (Lipinski definition) is 2. The lowest BCUT2D eigenvalue weighted by molar-refractivity contribution is 0.521. The second-order valence-electron chi connectivity index (χ2n) is 4.61. The van der Waals surface area contributed by atoms with Crippen molar-refractivity contribution < 1.29 is 8.42 Å². The van der Waals surface area contributed by atoms with Crippen molar-refractivity contribution in [2.45, 2.75) is 11.4 Å². The summed E-state index contributed by atoms with van der Waals surface area (Å²) in [7, 11) is -0.524. The highest BCUT2D eigenvalue weighted by Crippen LogP contribution is 2.24. The molecule has 1 heterocycles. The molecule has 0 atom stereocenters. The van der Waals surface area contributed by atoms with E-state index in [1.54, 1.807) is 18.3 Å². The summed E-state index contributed by atoms with van der Waals surface area (Å²) in [4.78, 5) is 0.162. The molecule has 8 heteroatoms. The number of nitrogens with one attached hydrogen (secondary N) is 1. The van der Waals surface area contributed by atoms with E-state index < -0.39 is 10.0 Å². The zero-order valence-electron chi connectivity index (χ0n) is 11.8. The van der Waals surface area contributed by atoms with Gasteiger partial charge in [0.2, 0.25) is 10.0 Å². The van der Waals surface area contributed by atoms with E-state index in [0.29, 0.717) is 17.9 Å². The van der Waals surface area contributed by atoms with Gasteiger partial charge in [-0.1, -0.05) is 0 Å². The predicted molar refractivity (Wildman–Crippen MR) is 81.1 cm³/mol. The molecule has 0 radical (unpaired) electrons. The van der Waals surface area contributed by atoms with Crippen LogP contribution in [0.3, 0.4) is 0 Å². The molecule has 7 nitrogen and oxygen atoms in total. The average molecular weight is 307 g/mol. The number of nitrogens with two attached hydrogens (primary N) is 1. The van der Waals surface area contributed by atoms with Gasteiger partial charge in [0.05, 0.1) is 28.5 Å². The quantitative estimate of drug-likeness (QED) is 0.797. The summed E-state index contributed by atoms with van der Waals surface area (Å²) in [5.74, 6) is 0. The highest BCUT2D eigenvalue weighted by Gasteiger charge is 2.18. The van der Waals surface area contributed by atoms with Crippen LogP contribution in [-0.2, 0) is 16.6 Å². The molecule has 2 aromatic rings. The highest BCUT2D eigenvalue weighted by atomic mass is 32.2. The van der Waals surface area contributed by atoms with Gasteiger partial charge in [0.25, 0.3) is 0 Å². The maximum absolute atomic E-state index is 12.0. The summed E-state index contributed by atoms with van der Waals surface area (Å²) >= 11 is 0. The van der Waals surface area contributed by atoms with E-state index in [-0.39, 0.29) is 4.90 Å². The maximum atomic E-state index is 12.0. The summed E-state index contributed by atoms with van der Waals surface area (Å²) in [5, 5.41) is 10.8. The Balaban J connectivity index is 2.17. The maximum Gasteiger partial charge on any atom is 0.242 e. The molecule has 0 aliphatic carbocycles. The molecule has 0 spiro atoms. The Morgan fingerprint density at radius 1 is 1.29 bits per heavy atom. The van der Waals surface area contributed by atoms with E-state index in [1.807, 2.05) is 6.07 Å². The van der Waals surface area contributed by atoms with Crippen molar-refractivity contribution in [2.75, 3.05) is 25.1 Å². The van der Waals surface area contributed by atoms with E-state index in [1.165, 1.54) is 26.2 Å². The summed E-state index contributed by atoms with van der Waals surface area (Å²) in [6.07, 6.45) is 1.60. The first-order valence-electron chi connectivity index (χ1n) is 6.24. The van der Waals surface area contributed by atoms with Crippen LogP contribution in [0.5, 0.6) is 0 Å². The lowest BCUT2D eigenvalue weighted by atomic mass is 10.2. The fourth-order valence-electron chi connectivity index (χ4n) is 1.69. The van der Waals surface area contributed by atoms with Crippen LogP contribution in [0.1, 0.15) is 5.69 Å². The molecule has 0 amide bonds. The second-order valence-corrected chi connectivity index (χ2v) is 6.76. The van der Waals surface area contributed by atoms with Gasteiger partial charge < -0.3 is 11.1 Å². The molecule has 21 heavy (non-hydrogen) atoms. The molecule has 0 aliphatic heterocycles. The first-order valence-corrected chi connectivity index (χ1v) is 7.68. The van der Waals surface area contributed by atoms with E-state index >= 15 is 0 Å². The van der Waals surface area contributed by atoms with Crippen LogP contribution in [0.2, 0.25) is 0 Å². The SMILES string of the molecule is CN(C)S(=O)(=O)c1ccc(NCc2cccnn2)c(N)c1. The van der Waals surface area contributed by atoms with Crippen molar-refractivity contribution in [3.05, 3.63) is 42.2 Å². The zero-order chi connectivity index (χ0) is 15.5. The largest absolute Gasteiger partial charge is 0.397 e. The van der Waals surface area contributed by atoms with Gasteiger partial charge in [-0.2, -0.15) is 10.2 Å². The van der Waals surface area contributed by atoms with Gasteiger partial charge in [-0.25, -0.2) is 12.7 Å². The standard InChI is InChI=1S/C13H17N5O2S/c1-18(2)21(19,20)11-5-6-13(12(14)8-11)15-9-10-4-3-7-16-17-10/h3-8,15H,9,14H2,1-2H3. The fourth-order valence-corrected chi connectivity index (χ4v) is 2.62. The van der Waals surface area contributed by atoms with Crippen molar-refractivity contribution in [1.29, 1.82) is 0 Å². The molecule has 1 aromatic heterocycles. The van der Waals surface area contributed by atoms with Crippen molar-refractivity contribution >= 4 is 21.4 Å². The number of anilines is 2. The van der Waals surface area contributed by atoms with E-state index in [2.05, 4.69) is 15.5 Å². The lowest BCUT2D eigenvalue weighted by Crippen LogP contribution is -2.22. The Morgan fingerprint density at radius 2 is 2.05 bits per heavy atom. The number of hydrogen-bond acceptors (Lipinski definition) is 6. The van der Waals surface area contributed by atoms with Gasteiger partial charge in [-0.3, -0.25) is 0 Å². The lowest BCUT2D eigenvalue weighted by Gasteiger charge is -2.14. The van der Waals surface area contributed by atoms with Crippen molar-refractivity contribution in [2.24, 2.45) is 0 Å². The van der Waals surface area contributed by atoms with Gasteiger partial charge in [0.1, 0.15) is 0 Å². The summed E-state index contributed by atoms with van der Waals surface area (Å²) in [6.45, 7) is 0.456. The third kappa shape index (κ3) is 3.47. The van der Waals surface area contributed by atoms with Gasteiger partial charge in [-0.15, -0.1) is 0 Å².